The Morgan fingerprint density at radius 3 is 2.44 bits per heavy atom. The van der Waals surface area contributed by atoms with Crippen LogP contribution in [0.5, 0.6) is 0 Å². The molecule has 1 heterocycles. The van der Waals surface area contributed by atoms with Crippen LogP contribution in [0.4, 0.5) is 0 Å². The van der Waals surface area contributed by atoms with Gasteiger partial charge in [0.05, 0.1) is 16.4 Å². The summed E-state index contributed by atoms with van der Waals surface area (Å²) in [5, 5.41) is 10.7. The summed E-state index contributed by atoms with van der Waals surface area (Å²) in [5.74, 6) is -1.82. The molecule has 0 saturated carbocycles. The summed E-state index contributed by atoms with van der Waals surface area (Å²) in [7, 11) is -7.49. The van der Waals surface area contributed by atoms with Crippen LogP contribution in [0, 0.1) is 0 Å². The van der Waals surface area contributed by atoms with Crippen molar-refractivity contribution in [1.29, 1.82) is 0 Å². The van der Waals surface area contributed by atoms with Crippen LogP contribution < -0.4 is 0 Å². The zero-order chi connectivity index (χ0) is 18.2. The fraction of sp³-hybridized carbons (Fsp3) is 0.312. The van der Waals surface area contributed by atoms with Gasteiger partial charge in [0.2, 0.25) is 10.0 Å². The maximum Gasteiger partial charge on any atom is 0.318 e. The highest BCUT2D eigenvalue weighted by Gasteiger charge is 2.39. The van der Waals surface area contributed by atoms with Gasteiger partial charge in [-0.3, -0.25) is 4.79 Å². The van der Waals surface area contributed by atoms with E-state index in [-0.39, 0.29) is 22.8 Å². The predicted molar refractivity (Wildman–Crippen MR) is 92.5 cm³/mol. The lowest BCUT2D eigenvalue weighted by Crippen LogP contribution is -2.44. The van der Waals surface area contributed by atoms with Crippen LogP contribution in [-0.4, -0.2) is 56.3 Å². The molecule has 0 amide bonds. The van der Waals surface area contributed by atoms with Crippen LogP contribution in [0.2, 0.25) is 0 Å². The molecule has 25 heavy (non-hydrogen) atoms. The second-order valence-corrected chi connectivity index (χ2v) is 10.1. The second-order valence-electron chi connectivity index (χ2n) is 6.01. The first-order valence-electron chi connectivity index (χ1n) is 7.62. The highest BCUT2D eigenvalue weighted by molar-refractivity contribution is 7.92. The summed E-state index contributed by atoms with van der Waals surface area (Å²) in [4.78, 5) is 11.1. The van der Waals surface area contributed by atoms with Gasteiger partial charge in [0.1, 0.15) is 6.54 Å². The van der Waals surface area contributed by atoms with Crippen LogP contribution in [-0.2, 0) is 24.7 Å². The Labute approximate surface area is 145 Å². The van der Waals surface area contributed by atoms with Crippen LogP contribution in [0.15, 0.2) is 47.4 Å². The number of fused-ring (bicyclic) bond motifs is 1. The second kappa shape index (κ2) is 6.40. The molecule has 1 saturated heterocycles. The van der Waals surface area contributed by atoms with Crippen molar-refractivity contribution < 1.29 is 26.7 Å². The average molecular weight is 383 g/mol. The van der Waals surface area contributed by atoms with Gasteiger partial charge in [-0.05, 0) is 29.3 Å². The standard InChI is InChI=1S/C16H17NO6S2/c18-16(19)10-17(14-7-8-24(20,21)11-14)25(22,23)15-6-5-12-3-1-2-4-13(12)9-15/h1-6,9,14H,7-8,10-11H2,(H,18,19)/t14-/m0/s1. The topological polar surface area (TPSA) is 109 Å². The third-order valence-electron chi connectivity index (χ3n) is 4.23. The summed E-state index contributed by atoms with van der Waals surface area (Å²) in [6.07, 6.45) is 0.0996. The maximum atomic E-state index is 13.0. The minimum Gasteiger partial charge on any atom is -0.480 e. The first kappa shape index (κ1) is 17.8. The molecular weight excluding hydrogens is 366 g/mol. The molecule has 0 bridgehead atoms. The van der Waals surface area contributed by atoms with E-state index in [1.807, 2.05) is 12.1 Å². The molecule has 7 nitrogen and oxygen atoms in total. The zero-order valence-corrected chi connectivity index (χ0v) is 14.8. The third kappa shape index (κ3) is 3.68. The van der Waals surface area contributed by atoms with Crippen molar-refractivity contribution in [3.05, 3.63) is 42.5 Å². The number of hydrogen-bond donors (Lipinski definition) is 1. The Morgan fingerprint density at radius 2 is 1.84 bits per heavy atom. The van der Waals surface area contributed by atoms with E-state index in [1.165, 1.54) is 12.1 Å². The lowest BCUT2D eigenvalue weighted by atomic mass is 10.1. The van der Waals surface area contributed by atoms with Crippen molar-refractivity contribution in [3.63, 3.8) is 0 Å². The first-order chi connectivity index (χ1) is 11.7. The summed E-state index contributed by atoms with van der Waals surface area (Å²) in [5.41, 5.74) is 0. The quantitative estimate of drug-likeness (QED) is 0.828. The van der Waals surface area contributed by atoms with Crippen LogP contribution >= 0.6 is 0 Å². The number of sulfone groups is 1. The number of carboxylic acids is 1. The summed E-state index contributed by atoms with van der Waals surface area (Å²) in [6, 6.07) is 10.9. The first-order valence-corrected chi connectivity index (χ1v) is 10.9. The van der Waals surface area contributed by atoms with Crippen molar-refractivity contribution in [1.82, 2.24) is 4.31 Å². The fourth-order valence-electron chi connectivity index (χ4n) is 3.01. The highest BCUT2D eigenvalue weighted by atomic mass is 32.2. The van der Waals surface area contributed by atoms with Gasteiger partial charge in [0, 0.05) is 6.04 Å². The SMILES string of the molecule is O=C(O)CN([C@H]1CCS(=O)(=O)C1)S(=O)(=O)c1ccc2ccccc2c1. The number of carboxylic acid groups (broad SMARTS) is 1. The lowest BCUT2D eigenvalue weighted by Gasteiger charge is -2.25. The Kier molecular flexibility index (Phi) is 4.56. The molecule has 1 aliphatic rings. The molecule has 0 unspecified atom stereocenters. The molecule has 9 heteroatoms. The lowest BCUT2D eigenvalue weighted by molar-refractivity contribution is -0.137. The number of rotatable bonds is 5. The van der Waals surface area contributed by atoms with E-state index < -0.39 is 38.4 Å². The molecule has 134 valence electrons. The largest absolute Gasteiger partial charge is 0.480 e. The van der Waals surface area contributed by atoms with E-state index in [2.05, 4.69) is 0 Å². The van der Waals surface area contributed by atoms with E-state index in [4.69, 9.17) is 5.11 Å². The molecule has 2 aromatic carbocycles. The van der Waals surface area contributed by atoms with Crippen molar-refractivity contribution >= 4 is 36.6 Å². The monoisotopic (exact) mass is 383 g/mol. The van der Waals surface area contributed by atoms with E-state index >= 15 is 0 Å². The van der Waals surface area contributed by atoms with Gasteiger partial charge in [-0.1, -0.05) is 30.3 Å². The number of sulfonamides is 1. The molecule has 0 spiro atoms. The minimum atomic E-state index is -4.13. The van der Waals surface area contributed by atoms with Gasteiger partial charge in [-0.2, -0.15) is 4.31 Å². The predicted octanol–water partition coefficient (Wildman–Crippen LogP) is 1.10. The number of nitrogens with zero attached hydrogens (tertiary/aromatic N) is 1. The molecule has 2 aromatic rings. The van der Waals surface area contributed by atoms with Crippen LogP contribution in [0.1, 0.15) is 6.42 Å². The van der Waals surface area contributed by atoms with Crippen molar-refractivity contribution in [2.45, 2.75) is 17.4 Å². The van der Waals surface area contributed by atoms with E-state index in [0.29, 0.717) is 5.39 Å². The molecule has 0 aromatic heterocycles. The summed E-state index contributed by atoms with van der Waals surface area (Å²) < 4.78 is 50.2. The van der Waals surface area contributed by atoms with E-state index in [0.717, 1.165) is 9.69 Å². The maximum absolute atomic E-state index is 13.0. The van der Waals surface area contributed by atoms with Gasteiger partial charge >= 0.3 is 5.97 Å². The molecule has 1 fully saturated rings. The van der Waals surface area contributed by atoms with Crippen molar-refractivity contribution in [3.8, 4) is 0 Å². The van der Waals surface area contributed by atoms with Crippen molar-refractivity contribution in [2.75, 3.05) is 18.1 Å². The molecule has 0 radical (unpaired) electrons. The number of hydrogen-bond acceptors (Lipinski definition) is 5. The molecule has 1 N–H and O–H groups in total. The normalized spacial score (nSPS) is 20.1. The van der Waals surface area contributed by atoms with Crippen LogP contribution in [0.25, 0.3) is 10.8 Å². The molecule has 1 atom stereocenters. The van der Waals surface area contributed by atoms with Gasteiger partial charge in [0.25, 0.3) is 0 Å². The number of aliphatic carboxylic acids is 1. The minimum absolute atomic E-state index is 0.0447. The number of carbonyl (C=O) groups is 1. The molecule has 1 aliphatic heterocycles. The van der Waals surface area contributed by atoms with Gasteiger partial charge in [0.15, 0.2) is 9.84 Å². The molecule has 0 aliphatic carbocycles. The van der Waals surface area contributed by atoms with Gasteiger partial charge in [-0.25, -0.2) is 16.8 Å². The van der Waals surface area contributed by atoms with E-state index in [1.54, 1.807) is 18.2 Å². The Balaban J connectivity index is 2.04. The van der Waals surface area contributed by atoms with Gasteiger partial charge < -0.3 is 5.11 Å². The fourth-order valence-corrected chi connectivity index (χ4v) is 6.47. The van der Waals surface area contributed by atoms with Crippen molar-refractivity contribution in [2.24, 2.45) is 0 Å². The Morgan fingerprint density at radius 1 is 1.16 bits per heavy atom. The Hall–Kier alpha value is -1.97. The smallest absolute Gasteiger partial charge is 0.318 e. The average Bonchev–Trinajstić information content (AvgIpc) is 2.91. The molecule has 3 rings (SSSR count). The summed E-state index contributed by atoms with van der Waals surface area (Å²) >= 11 is 0. The highest BCUT2D eigenvalue weighted by Crippen LogP contribution is 2.27. The van der Waals surface area contributed by atoms with Gasteiger partial charge in [-0.15, -0.1) is 0 Å². The summed E-state index contributed by atoms with van der Waals surface area (Å²) in [6.45, 7) is -0.769. The zero-order valence-electron chi connectivity index (χ0n) is 13.2. The third-order valence-corrected chi connectivity index (χ3v) is 7.88. The molecular formula is C16H17NO6S2. The Bertz CT molecular complexity index is 1030. The number of benzene rings is 2. The van der Waals surface area contributed by atoms with Crippen LogP contribution in [0.3, 0.4) is 0 Å². The van der Waals surface area contributed by atoms with E-state index in [9.17, 15) is 21.6 Å².